The Labute approximate surface area is 163 Å². The number of likely N-dealkylation sites (tertiary alicyclic amines) is 1. The maximum atomic E-state index is 12.1. The summed E-state index contributed by atoms with van der Waals surface area (Å²) in [6.45, 7) is 13.7. The lowest BCUT2D eigenvalue weighted by atomic mass is 9.79. The van der Waals surface area contributed by atoms with E-state index in [2.05, 4.69) is 27.7 Å². The summed E-state index contributed by atoms with van der Waals surface area (Å²) in [6.07, 6.45) is 1.90. The Hall–Kier alpha value is -1.53. The molecule has 0 aliphatic carbocycles. The smallest absolute Gasteiger partial charge is 0.490 e. The lowest BCUT2D eigenvalue weighted by Crippen LogP contribution is -2.43. The molecule has 3 rings (SSSR count). The molecule has 1 aromatic rings. The van der Waals surface area contributed by atoms with E-state index in [9.17, 15) is 4.79 Å². The zero-order chi connectivity index (χ0) is 19.8. The molecule has 27 heavy (non-hydrogen) atoms. The van der Waals surface area contributed by atoms with Gasteiger partial charge in [0.15, 0.2) is 0 Å². The molecular weight excluding hydrogens is 341 g/mol. The Morgan fingerprint density at radius 3 is 2.07 bits per heavy atom. The van der Waals surface area contributed by atoms with Crippen LogP contribution >= 0.6 is 0 Å². The molecule has 0 bridgehead atoms. The normalized spacial score (nSPS) is 22.3. The van der Waals surface area contributed by atoms with E-state index >= 15 is 0 Å². The molecule has 2 saturated heterocycles. The van der Waals surface area contributed by atoms with Crippen LogP contribution in [0, 0.1) is 5.92 Å². The van der Waals surface area contributed by atoms with Crippen molar-refractivity contribution in [3.8, 4) is 5.75 Å². The highest BCUT2D eigenvalue weighted by atomic mass is 16.7. The van der Waals surface area contributed by atoms with Crippen molar-refractivity contribution < 1.29 is 18.8 Å². The highest BCUT2D eigenvalue weighted by molar-refractivity contribution is 6.62. The molecule has 0 spiro atoms. The molecule has 6 heteroatoms. The van der Waals surface area contributed by atoms with Crippen LogP contribution < -0.4 is 10.2 Å². The molecule has 0 unspecified atom stereocenters. The van der Waals surface area contributed by atoms with Gasteiger partial charge in [-0.2, -0.15) is 0 Å². The van der Waals surface area contributed by atoms with Gasteiger partial charge in [-0.05, 0) is 45.3 Å². The van der Waals surface area contributed by atoms with Crippen LogP contribution in [0.2, 0.25) is 0 Å². The molecule has 0 aromatic heterocycles. The average molecular weight is 373 g/mol. The molecule has 0 atom stereocenters. The number of piperidine rings is 1. The first kappa shape index (κ1) is 20.2. The molecule has 2 heterocycles. The molecule has 2 fully saturated rings. The Morgan fingerprint density at radius 1 is 1.07 bits per heavy atom. The summed E-state index contributed by atoms with van der Waals surface area (Å²) < 4.78 is 18.3. The van der Waals surface area contributed by atoms with Crippen molar-refractivity contribution in [2.45, 2.75) is 71.7 Å². The summed E-state index contributed by atoms with van der Waals surface area (Å²) in [5.74, 6) is 1.15. The monoisotopic (exact) mass is 373 g/mol. The van der Waals surface area contributed by atoms with E-state index in [4.69, 9.17) is 14.0 Å². The van der Waals surface area contributed by atoms with Crippen LogP contribution in [0.15, 0.2) is 24.3 Å². The van der Waals surface area contributed by atoms with Gasteiger partial charge in [0.2, 0.25) is 5.91 Å². The third kappa shape index (κ3) is 4.32. The van der Waals surface area contributed by atoms with Gasteiger partial charge in [-0.3, -0.25) is 4.79 Å². The summed E-state index contributed by atoms with van der Waals surface area (Å²) in [5.41, 5.74) is 0.320. The molecule has 1 aromatic carbocycles. The first-order valence-corrected chi connectivity index (χ1v) is 10.00. The van der Waals surface area contributed by atoms with Crippen molar-refractivity contribution in [2.75, 3.05) is 13.1 Å². The number of rotatable bonds is 4. The Bertz CT molecular complexity index is 647. The topological polar surface area (TPSA) is 48.0 Å². The number of amides is 1. The predicted octanol–water partition coefficient (Wildman–Crippen LogP) is 3.01. The number of hydrogen-bond acceptors (Lipinski definition) is 4. The number of hydrogen-bond donors (Lipinski definition) is 0. The van der Waals surface area contributed by atoms with E-state index in [1.165, 1.54) is 0 Å². The zero-order valence-electron chi connectivity index (χ0n) is 17.5. The molecule has 2 aliphatic heterocycles. The Kier molecular flexibility index (Phi) is 5.60. The molecule has 5 nitrogen and oxygen atoms in total. The van der Waals surface area contributed by atoms with Gasteiger partial charge in [-0.1, -0.05) is 26.0 Å². The second-order valence-electron chi connectivity index (χ2n) is 8.95. The van der Waals surface area contributed by atoms with Crippen molar-refractivity contribution in [3.05, 3.63) is 24.3 Å². The predicted molar refractivity (Wildman–Crippen MR) is 107 cm³/mol. The summed E-state index contributed by atoms with van der Waals surface area (Å²) in [5, 5.41) is 0. The largest absolute Gasteiger partial charge is 0.494 e. The van der Waals surface area contributed by atoms with E-state index in [-0.39, 0.29) is 36.2 Å². The molecule has 1 amide bonds. The van der Waals surface area contributed by atoms with E-state index < -0.39 is 0 Å². The fourth-order valence-corrected chi connectivity index (χ4v) is 3.43. The van der Waals surface area contributed by atoms with Crippen molar-refractivity contribution in [1.82, 2.24) is 4.90 Å². The second kappa shape index (κ2) is 7.48. The van der Waals surface area contributed by atoms with E-state index in [0.29, 0.717) is 0 Å². The van der Waals surface area contributed by atoms with Gasteiger partial charge in [0, 0.05) is 31.8 Å². The van der Waals surface area contributed by atoms with Gasteiger partial charge < -0.3 is 18.9 Å². The minimum Gasteiger partial charge on any atom is -0.490 e. The van der Waals surface area contributed by atoms with Crippen molar-refractivity contribution in [1.29, 1.82) is 0 Å². The maximum Gasteiger partial charge on any atom is 0.494 e. The number of carbonyl (C=O) groups excluding carboxylic acids is 1. The fraction of sp³-hybridized carbons (Fsp3) is 0.667. The molecule has 148 valence electrons. The van der Waals surface area contributed by atoms with Crippen molar-refractivity contribution >= 4 is 18.5 Å². The lowest BCUT2D eigenvalue weighted by molar-refractivity contribution is -0.136. The van der Waals surface area contributed by atoms with Crippen molar-refractivity contribution in [3.63, 3.8) is 0 Å². The van der Waals surface area contributed by atoms with Crippen LogP contribution in [0.5, 0.6) is 5.75 Å². The third-order valence-corrected chi connectivity index (χ3v) is 5.96. The van der Waals surface area contributed by atoms with Gasteiger partial charge in [0.05, 0.1) is 11.2 Å². The summed E-state index contributed by atoms with van der Waals surface area (Å²) in [7, 11) is -0.352. The van der Waals surface area contributed by atoms with Crippen LogP contribution in [0.1, 0.15) is 54.4 Å². The molecule has 0 saturated carbocycles. The van der Waals surface area contributed by atoms with Gasteiger partial charge >= 0.3 is 7.12 Å². The summed E-state index contributed by atoms with van der Waals surface area (Å²) >= 11 is 0. The number of ether oxygens (including phenoxy) is 1. The van der Waals surface area contributed by atoms with Gasteiger partial charge in [0.1, 0.15) is 11.9 Å². The lowest BCUT2D eigenvalue weighted by Gasteiger charge is -2.33. The van der Waals surface area contributed by atoms with E-state index in [1.807, 2.05) is 43.0 Å². The van der Waals surface area contributed by atoms with Crippen LogP contribution in [0.4, 0.5) is 0 Å². The van der Waals surface area contributed by atoms with Gasteiger partial charge in [-0.15, -0.1) is 0 Å². The fourth-order valence-electron chi connectivity index (χ4n) is 3.43. The maximum absolute atomic E-state index is 12.1. The van der Waals surface area contributed by atoms with Crippen LogP contribution in [-0.2, 0) is 14.1 Å². The molecule has 2 aliphatic rings. The first-order valence-electron chi connectivity index (χ1n) is 10.00. The average Bonchev–Trinajstić information content (AvgIpc) is 2.83. The third-order valence-electron chi connectivity index (χ3n) is 5.96. The van der Waals surface area contributed by atoms with Gasteiger partial charge in [0.25, 0.3) is 0 Å². The second-order valence-corrected chi connectivity index (χ2v) is 8.95. The first-order chi connectivity index (χ1) is 12.6. The zero-order valence-corrected chi connectivity index (χ0v) is 17.5. The SMILES string of the molecule is CC(C)C(=O)N1CCC(Oc2ccc(B3OC(C)(C)C(C)(C)O3)cc2)CC1. The van der Waals surface area contributed by atoms with Crippen LogP contribution in [-0.4, -0.2) is 48.3 Å². The minimum atomic E-state index is -0.352. The number of nitrogens with zero attached hydrogens (tertiary/aromatic N) is 1. The van der Waals surface area contributed by atoms with Gasteiger partial charge in [-0.25, -0.2) is 0 Å². The van der Waals surface area contributed by atoms with Crippen molar-refractivity contribution in [2.24, 2.45) is 5.92 Å². The molecule has 0 N–H and O–H groups in total. The summed E-state index contributed by atoms with van der Waals surface area (Å²) in [4.78, 5) is 14.0. The molecular formula is C21H32BNO4. The number of carbonyl (C=O) groups is 1. The highest BCUT2D eigenvalue weighted by Crippen LogP contribution is 2.36. The van der Waals surface area contributed by atoms with Crippen LogP contribution in [0.3, 0.4) is 0 Å². The number of benzene rings is 1. The standard InChI is InChI=1S/C21H32BNO4/c1-15(2)19(24)23-13-11-18(12-14-23)25-17-9-7-16(8-10-17)22-26-20(3,4)21(5,6)27-22/h7-10,15,18H,11-14H2,1-6H3. The Balaban J connectivity index is 1.54. The van der Waals surface area contributed by atoms with E-state index in [1.54, 1.807) is 0 Å². The van der Waals surface area contributed by atoms with Crippen LogP contribution in [0.25, 0.3) is 0 Å². The summed E-state index contributed by atoms with van der Waals surface area (Å²) in [6, 6.07) is 7.97. The highest BCUT2D eigenvalue weighted by Gasteiger charge is 2.51. The Morgan fingerprint density at radius 2 is 1.59 bits per heavy atom. The quantitative estimate of drug-likeness (QED) is 0.762. The minimum absolute atomic E-state index is 0.0602. The molecule has 0 radical (unpaired) electrons. The van der Waals surface area contributed by atoms with E-state index in [0.717, 1.165) is 37.1 Å².